The second-order valence-electron chi connectivity index (χ2n) is 4.43. The predicted octanol–water partition coefficient (Wildman–Crippen LogP) is 4.18. The lowest BCUT2D eigenvalue weighted by Crippen LogP contribution is -2.01. The Labute approximate surface area is 138 Å². The fraction of sp³-hybridized carbons (Fsp3) is 0.250. The van der Waals surface area contributed by atoms with E-state index in [1.54, 1.807) is 23.0 Å². The van der Waals surface area contributed by atoms with E-state index in [1.807, 2.05) is 13.8 Å². The van der Waals surface area contributed by atoms with Crippen molar-refractivity contribution in [3.63, 3.8) is 0 Å². The SMILES string of the molecule is CC(C)c1n[nH]c(=S)n1/N=C\c1cc(Br)c(O)c(Br)c1. The third-order valence-electron chi connectivity index (χ3n) is 2.55. The fourth-order valence-electron chi connectivity index (χ4n) is 1.57. The highest BCUT2D eigenvalue weighted by Crippen LogP contribution is 2.32. The van der Waals surface area contributed by atoms with Crippen molar-refractivity contribution in [3.05, 3.63) is 37.2 Å². The quantitative estimate of drug-likeness (QED) is 0.579. The number of nitrogens with one attached hydrogen (secondary N) is 1. The monoisotopic (exact) mass is 418 g/mol. The number of halogens is 2. The minimum absolute atomic E-state index is 0.157. The standard InChI is InChI=1S/C12H12Br2N4OS/c1-6(2)11-16-17-12(20)18(11)15-5-7-3-8(13)10(19)9(14)4-7/h3-6,19H,1-2H3,(H,17,20)/b15-5-. The first-order valence-corrected chi connectivity index (χ1v) is 7.79. The van der Waals surface area contributed by atoms with Gasteiger partial charge in [-0.25, -0.2) is 0 Å². The number of H-pyrrole nitrogens is 1. The van der Waals surface area contributed by atoms with E-state index in [1.165, 1.54) is 0 Å². The molecule has 0 unspecified atom stereocenters. The Morgan fingerprint density at radius 2 is 2.00 bits per heavy atom. The molecule has 0 saturated heterocycles. The topological polar surface area (TPSA) is 66.2 Å². The Kier molecular flexibility index (Phi) is 4.77. The van der Waals surface area contributed by atoms with Gasteiger partial charge in [0.15, 0.2) is 5.82 Å². The summed E-state index contributed by atoms with van der Waals surface area (Å²) in [5.74, 6) is 1.13. The summed E-state index contributed by atoms with van der Waals surface area (Å²) in [4.78, 5) is 0. The Morgan fingerprint density at radius 3 is 2.55 bits per heavy atom. The zero-order valence-electron chi connectivity index (χ0n) is 10.8. The Hall–Kier alpha value is -0.990. The van der Waals surface area contributed by atoms with Gasteiger partial charge in [0.2, 0.25) is 4.77 Å². The molecule has 0 radical (unpaired) electrons. The van der Waals surface area contributed by atoms with Gasteiger partial charge in [-0.3, -0.25) is 5.10 Å². The van der Waals surface area contributed by atoms with Gasteiger partial charge in [-0.2, -0.15) is 14.9 Å². The Balaban J connectivity index is 2.40. The number of aromatic hydroxyl groups is 1. The molecule has 0 fully saturated rings. The molecule has 0 aliphatic rings. The average Bonchev–Trinajstić information content (AvgIpc) is 2.74. The molecule has 1 aromatic carbocycles. The van der Waals surface area contributed by atoms with E-state index < -0.39 is 0 Å². The van der Waals surface area contributed by atoms with E-state index in [2.05, 4.69) is 47.2 Å². The minimum atomic E-state index is 0.157. The molecule has 2 aromatic rings. The summed E-state index contributed by atoms with van der Waals surface area (Å²) in [6.07, 6.45) is 1.66. The molecule has 0 saturated carbocycles. The molecule has 0 spiro atoms. The molecule has 2 rings (SSSR count). The van der Waals surface area contributed by atoms with Crippen molar-refractivity contribution in [2.75, 3.05) is 0 Å². The van der Waals surface area contributed by atoms with Crippen LogP contribution < -0.4 is 0 Å². The first-order chi connectivity index (χ1) is 9.40. The maximum atomic E-state index is 9.67. The normalized spacial score (nSPS) is 11.7. The highest BCUT2D eigenvalue weighted by Gasteiger charge is 2.09. The largest absolute Gasteiger partial charge is 0.506 e. The molecule has 2 N–H and O–H groups in total. The van der Waals surface area contributed by atoms with Gasteiger partial charge in [0.25, 0.3) is 0 Å². The van der Waals surface area contributed by atoms with E-state index in [0.717, 1.165) is 11.4 Å². The second kappa shape index (κ2) is 6.19. The summed E-state index contributed by atoms with van der Waals surface area (Å²) < 4.78 is 3.22. The van der Waals surface area contributed by atoms with Crippen molar-refractivity contribution >= 4 is 50.3 Å². The van der Waals surface area contributed by atoms with Crippen molar-refractivity contribution in [1.29, 1.82) is 0 Å². The molecule has 8 heteroatoms. The molecule has 20 heavy (non-hydrogen) atoms. The number of benzene rings is 1. The van der Waals surface area contributed by atoms with E-state index in [9.17, 15) is 5.11 Å². The molecule has 1 aromatic heterocycles. The van der Waals surface area contributed by atoms with Crippen molar-refractivity contribution < 1.29 is 5.11 Å². The van der Waals surface area contributed by atoms with Crippen LogP contribution in [0.2, 0.25) is 0 Å². The lowest BCUT2D eigenvalue weighted by atomic mass is 10.2. The second-order valence-corrected chi connectivity index (χ2v) is 6.53. The molecular weight excluding hydrogens is 408 g/mol. The summed E-state index contributed by atoms with van der Waals surface area (Å²) in [6.45, 7) is 4.04. The van der Waals surface area contributed by atoms with Gasteiger partial charge in [-0.1, -0.05) is 13.8 Å². The Bertz CT molecular complexity index is 697. The molecule has 0 atom stereocenters. The van der Waals surface area contributed by atoms with E-state index >= 15 is 0 Å². The highest BCUT2D eigenvalue weighted by molar-refractivity contribution is 9.11. The predicted molar refractivity (Wildman–Crippen MR) is 88.0 cm³/mol. The summed E-state index contributed by atoms with van der Waals surface area (Å²) in [7, 11) is 0. The summed E-state index contributed by atoms with van der Waals surface area (Å²) >= 11 is 11.7. The number of phenolic OH excluding ortho intramolecular Hbond substituents is 1. The van der Waals surface area contributed by atoms with Gasteiger partial charge in [-0.15, -0.1) is 0 Å². The lowest BCUT2D eigenvalue weighted by Gasteiger charge is -2.04. The third-order valence-corrected chi connectivity index (χ3v) is 4.03. The molecule has 1 heterocycles. The van der Waals surface area contributed by atoms with Crippen LogP contribution in [0.5, 0.6) is 5.75 Å². The van der Waals surface area contributed by atoms with Gasteiger partial charge in [0.1, 0.15) is 5.75 Å². The fourth-order valence-corrected chi connectivity index (χ4v) is 2.98. The van der Waals surface area contributed by atoms with Crippen LogP contribution >= 0.6 is 44.1 Å². The average molecular weight is 420 g/mol. The van der Waals surface area contributed by atoms with Crippen LogP contribution in [0.4, 0.5) is 0 Å². The molecule has 0 amide bonds. The third kappa shape index (κ3) is 3.18. The Morgan fingerprint density at radius 1 is 1.40 bits per heavy atom. The summed E-state index contributed by atoms with van der Waals surface area (Å²) in [5, 5.41) is 20.9. The molecule has 0 aliphatic carbocycles. The van der Waals surface area contributed by atoms with Crippen LogP contribution in [-0.2, 0) is 0 Å². The number of aromatic amines is 1. The number of nitrogens with zero attached hydrogens (tertiary/aromatic N) is 3. The van der Waals surface area contributed by atoms with Crippen LogP contribution in [0.25, 0.3) is 0 Å². The van der Waals surface area contributed by atoms with Crippen LogP contribution in [0.15, 0.2) is 26.2 Å². The van der Waals surface area contributed by atoms with Crippen molar-refractivity contribution in [1.82, 2.24) is 14.9 Å². The number of phenols is 1. The van der Waals surface area contributed by atoms with Crippen LogP contribution in [-0.4, -0.2) is 26.2 Å². The minimum Gasteiger partial charge on any atom is -0.506 e. The molecule has 0 aliphatic heterocycles. The van der Waals surface area contributed by atoms with Gasteiger partial charge in [-0.05, 0) is 61.8 Å². The first-order valence-electron chi connectivity index (χ1n) is 5.80. The number of hydrogen-bond acceptors (Lipinski definition) is 4. The zero-order chi connectivity index (χ0) is 14.9. The number of rotatable bonds is 3. The van der Waals surface area contributed by atoms with E-state index in [4.69, 9.17) is 12.2 Å². The smallest absolute Gasteiger partial charge is 0.216 e. The van der Waals surface area contributed by atoms with Crippen LogP contribution in [0.1, 0.15) is 31.2 Å². The van der Waals surface area contributed by atoms with Crippen molar-refractivity contribution in [2.45, 2.75) is 19.8 Å². The molecule has 5 nitrogen and oxygen atoms in total. The van der Waals surface area contributed by atoms with Gasteiger partial charge in [0.05, 0.1) is 15.2 Å². The molecular formula is C12H12Br2N4OS. The van der Waals surface area contributed by atoms with Crippen LogP contribution in [0.3, 0.4) is 0 Å². The maximum absolute atomic E-state index is 9.67. The van der Waals surface area contributed by atoms with Crippen molar-refractivity contribution in [3.8, 4) is 5.75 Å². The van der Waals surface area contributed by atoms with Crippen molar-refractivity contribution in [2.24, 2.45) is 5.10 Å². The number of hydrogen-bond donors (Lipinski definition) is 2. The zero-order valence-corrected chi connectivity index (χ0v) is 14.8. The summed E-state index contributed by atoms with van der Waals surface area (Å²) in [5.41, 5.74) is 0.819. The molecule has 0 bridgehead atoms. The van der Waals surface area contributed by atoms with Gasteiger partial charge in [0, 0.05) is 5.92 Å². The van der Waals surface area contributed by atoms with E-state index in [-0.39, 0.29) is 11.7 Å². The van der Waals surface area contributed by atoms with Crippen LogP contribution in [0, 0.1) is 4.77 Å². The lowest BCUT2D eigenvalue weighted by molar-refractivity contribution is 0.468. The molecule has 106 valence electrons. The van der Waals surface area contributed by atoms with Gasteiger partial charge >= 0.3 is 0 Å². The number of aromatic nitrogens is 3. The highest BCUT2D eigenvalue weighted by atomic mass is 79.9. The van der Waals surface area contributed by atoms with Gasteiger partial charge < -0.3 is 5.11 Å². The van der Waals surface area contributed by atoms with E-state index in [0.29, 0.717) is 13.7 Å². The summed E-state index contributed by atoms with van der Waals surface area (Å²) in [6, 6.07) is 3.53. The maximum Gasteiger partial charge on any atom is 0.216 e. The first kappa shape index (κ1) is 15.4.